The largest absolute Gasteiger partial charge is 0.494 e. The maximum Gasteiger partial charge on any atom is 0.226 e. The van der Waals surface area contributed by atoms with Crippen LogP contribution in [-0.4, -0.2) is 27.9 Å². The van der Waals surface area contributed by atoms with Gasteiger partial charge in [-0.25, -0.2) is 4.98 Å². The summed E-state index contributed by atoms with van der Waals surface area (Å²) in [7, 11) is 0. The molecule has 0 aliphatic carbocycles. The lowest BCUT2D eigenvalue weighted by Crippen LogP contribution is -2.34. The highest BCUT2D eigenvalue weighted by Gasteiger charge is 2.14. The van der Waals surface area contributed by atoms with Crippen LogP contribution >= 0.6 is 11.3 Å². The lowest BCUT2D eigenvalue weighted by molar-refractivity contribution is -0.121. The summed E-state index contributed by atoms with van der Waals surface area (Å²) in [6.45, 7) is 4.68. The molecule has 2 heterocycles. The second-order valence-electron chi connectivity index (χ2n) is 7.63. The van der Waals surface area contributed by atoms with E-state index in [1.165, 1.54) is 5.56 Å². The van der Waals surface area contributed by atoms with Crippen molar-refractivity contribution in [1.82, 2.24) is 14.7 Å². The van der Waals surface area contributed by atoms with E-state index in [0.717, 1.165) is 40.5 Å². The first kappa shape index (κ1) is 21.1. The number of hydrogen-bond donors (Lipinski definition) is 1. The van der Waals surface area contributed by atoms with E-state index in [1.54, 1.807) is 11.3 Å². The molecule has 0 aliphatic rings. The van der Waals surface area contributed by atoms with Crippen molar-refractivity contribution in [3.8, 4) is 17.0 Å². The van der Waals surface area contributed by atoms with Crippen LogP contribution in [0.2, 0.25) is 0 Å². The average molecular weight is 434 g/mol. The standard InChI is InChI=1S/C25H27N3O2S/c1-3-30-22-13-11-20(12-14-22)23-16-28-21(17-31-25(28)27-23)15-24(29)26-18(2)9-10-19-7-5-4-6-8-19/h4-8,11-14,16-18H,3,9-10,15H2,1-2H3,(H,26,29). The summed E-state index contributed by atoms with van der Waals surface area (Å²) < 4.78 is 7.53. The van der Waals surface area contributed by atoms with Gasteiger partial charge in [-0.2, -0.15) is 0 Å². The van der Waals surface area contributed by atoms with E-state index < -0.39 is 0 Å². The lowest BCUT2D eigenvalue weighted by Gasteiger charge is -2.13. The van der Waals surface area contributed by atoms with E-state index in [1.807, 2.05) is 65.4 Å². The zero-order chi connectivity index (χ0) is 21.6. The Morgan fingerprint density at radius 2 is 1.94 bits per heavy atom. The first-order chi connectivity index (χ1) is 15.1. The Morgan fingerprint density at radius 3 is 2.68 bits per heavy atom. The lowest BCUT2D eigenvalue weighted by atomic mass is 10.1. The van der Waals surface area contributed by atoms with Crippen LogP contribution < -0.4 is 10.1 Å². The Kier molecular flexibility index (Phi) is 6.67. The molecule has 0 aliphatic heterocycles. The van der Waals surface area contributed by atoms with Crippen molar-refractivity contribution in [2.24, 2.45) is 0 Å². The third kappa shape index (κ3) is 5.33. The molecular formula is C25H27N3O2S. The highest BCUT2D eigenvalue weighted by atomic mass is 32.1. The first-order valence-electron chi connectivity index (χ1n) is 10.6. The van der Waals surface area contributed by atoms with Gasteiger partial charge in [0.25, 0.3) is 0 Å². The van der Waals surface area contributed by atoms with Gasteiger partial charge in [-0.1, -0.05) is 30.3 Å². The minimum absolute atomic E-state index is 0.0385. The number of nitrogens with zero attached hydrogens (tertiary/aromatic N) is 2. The van der Waals surface area contributed by atoms with Crippen molar-refractivity contribution >= 4 is 22.2 Å². The van der Waals surface area contributed by atoms with Gasteiger partial charge >= 0.3 is 0 Å². The van der Waals surface area contributed by atoms with Gasteiger partial charge in [-0.05, 0) is 56.5 Å². The van der Waals surface area contributed by atoms with E-state index in [4.69, 9.17) is 9.72 Å². The van der Waals surface area contributed by atoms with Gasteiger partial charge in [0.2, 0.25) is 5.91 Å². The third-order valence-corrected chi connectivity index (χ3v) is 6.09. The summed E-state index contributed by atoms with van der Waals surface area (Å²) >= 11 is 1.56. The molecule has 4 rings (SSSR count). The van der Waals surface area contributed by atoms with Crippen molar-refractivity contribution in [1.29, 1.82) is 0 Å². The quantitative estimate of drug-likeness (QED) is 0.398. The smallest absolute Gasteiger partial charge is 0.226 e. The Labute approximate surface area is 186 Å². The van der Waals surface area contributed by atoms with Crippen LogP contribution in [0.25, 0.3) is 16.2 Å². The molecule has 6 heteroatoms. The predicted molar refractivity (Wildman–Crippen MR) is 126 cm³/mol. The van der Waals surface area contributed by atoms with Gasteiger partial charge in [0.1, 0.15) is 5.75 Å². The molecule has 0 fully saturated rings. The molecule has 1 atom stereocenters. The number of benzene rings is 2. The Morgan fingerprint density at radius 1 is 1.16 bits per heavy atom. The topological polar surface area (TPSA) is 55.6 Å². The summed E-state index contributed by atoms with van der Waals surface area (Å²) in [6.07, 6.45) is 4.22. The van der Waals surface area contributed by atoms with Gasteiger partial charge in [0.05, 0.1) is 18.7 Å². The third-order valence-electron chi connectivity index (χ3n) is 5.20. The Bertz CT molecular complexity index is 1130. The monoisotopic (exact) mass is 433 g/mol. The second-order valence-corrected chi connectivity index (χ2v) is 8.47. The fourth-order valence-corrected chi connectivity index (χ4v) is 4.45. The highest BCUT2D eigenvalue weighted by molar-refractivity contribution is 7.15. The number of amides is 1. The molecule has 5 nitrogen and oxygen atoms in total. The molecule has 160 valence electrons. The van der Waals surface area contributed by atoms with E-state index in [-0.39, 0.29) is 11.9 Å². The maximum atomic E-state index is 12.6. The van der Waals surface area contributed by atoms with Crippen molar-refractivity contribution in [3.63, 3.8) is 0 Å². The number of hydrogen-bond acceptors (Lipinski definition) is 4. The number of aromatic nitrogens is 2. The zero-order valence-electron chi connectivity index (χ0n) is 17.9. The number of imidazole rings is 1. The van der Waals surface area contributed by atoms with Gasteiger partial charge in [0, 0.05) is 28.9 Å². The molecule has 1 unspecified atom stereocenters. The van der Waals surface area contributed by atoms with Crippen LogP contribution in [0.3, 0.4) is 0 Å². The first-order valence-corrected chi connectivity index (χ1v) is 11.5. The summed E-state index contributed by atoms with van der Waals surface area (Å²) in [5.41, 5.74) is 4.18. The second kappa shape index (κ2) is 9.79. The van der Waals surface area contributed by atoms with Crippen LogP contribution in [0, 0.1) is 0 Å². The Balaban J connectivity index is 1.37. The van der Waals surface area contributed by atoms with Crippen LogP contribution in [0.4, 0.5) is 0 Å². The molecule has 0 radical (unpaired) electrons. The van der Waals surface area contributed by atoms with Crippen LogP contribution in [0.15, 0.2) is 66.2 Å². The summed E-state index contributed by atoms with van der Waals surface area (Å²) in [6, 6.07) is 18.4. The number of ether oxygens (including phenoxy) is 1. The molecule has 1 N–H and O–H groups in total. The van der Waals surface area contributed by atoms with E-state index in [0.29, 0.717) is 13.0 Å². The summed E-state index contributed by atoms with van der Waals surface area (Å²) in [4.78, 5) is 18.2. The number of thiazole rings is 1. The minimum atomic E-state index is 0.0385. The van der Waals surface area contributed by atoms with Gasteiger partial charge in [0.15, 0.2) is 4.96 Å². The van der Waals surface area contributed by atoms with Crippen molar-refractivity contribution in [2.75, 3.05) is 6.61 Å². The molecule has 31 heavy (non-hydrogen) atoms. The number of carbonyl (C=O) groups excluding carboxylic acids is 1. The van der Waals surface area contributed by atoms with Gasteiger partial charge < -0.3 is 10.1 Å². The molecular weight excluding hydrogens is 406 g/mol. The molecule has 0 saturated heterocycles. The van der Waals surface area contributed by atoms with Crippen molar-refractivity contribution in [3.05, 3.63) is 77.4 Å². The number of carbonyl (C=O) groups is 1. The fourth-order valence-electron chi connectivity index (χ4n) is 3.57. The molecule has 0 saturated carbocycles. The predicted octanol–water partition coefficient (Wildman–Crippen LogP) is 5.14. The van der Waals surface area contributed by atoms with Crippen LogP contribution in [0.1, 0.15) is 31.5 Å². The minimum Gasteiger partial charge on any atom is -0.494 e. The SMILES string of the molecule is CCOc1ccc(-c2cn3c(CC(=O)NC(C)CCc4ccccc4)csc3n2)cc1. The van der Waals surface area contributed by atoms with E-state index >= 15 is 0 Å². The normalized spacial score (nSPS) is 12.1. The molecule has 0 bridgehead atoms. The number of rotatable bonds is 9. The number of fused-ring (bicyclic) bond motifs is 1. The number of nitrogens with one attached hydrogen (secondary N) is 1. The van der Waals surface area contributed by atoms with Crippen molar-refractivity contribution < 1.29 is 9.53 Å². The average Bonchev–Trinajstić information content (AvgIpc) is 3.36. The molecule has 0 spiro atoms. The fraction of sp³-hybridized carbons (Fsp3) is 0.280. The van der Waals surface area contributed by atoms with Crippen molar-refractivity contribution in [2.45, 2.75) is 39.2 Å². The maximum absolute atomic E-state index is 12.6. The number of aryl methyl sites for hydroxylation is 1. The molecule has 4 aromatic rings. The van der Waals surface area contributed by atoms with E-state index in [2.05, 4.69) is 24.4 Å². The van der Waals surface area contributed by atoms with Gasteiger partial charge in [-0.15, -0.1) is 11.3 Å². The van der Waals surface area contributed by atoms with Gasteiger partial charge in [-0.3, -0.25) is 9.20 Å². The highest BCUT2D eigenvalue weighted by Crippen LogP contribution is 2.25. The molecule has 2 aromatic carbocycles. The van der Waals surface area contributed by atoms with Crippen LogP contribution in [0.5, 0.6) is 5.75 Å². The molecule has 1 amide bonds. The molecule has 2 aromatic heterocycles. The summed E-state index contributed by atoms with van der Waals surface area (Å²) in [5.74, 6) is 0.891. The summed E-state index contributed by atoms with van der Waals surface area (Å²) in [5, 5.41) is 5.14. The Hall–Kier alpha value is -3.12. The van der Waals surface area contributed by atoms with E-state index in [9.17, 15) is 4.79 Å². The van der Waals surface area contributed by atoms with Crippen LogP contribution in [-0.2, 0) is 17.6 Å². The zero-order valence-corrected chi connectivity index (χ0v) is 18.7.